The maximum absolute atomic E-state index is 2.45. The van der Waals surface area contributed by atoms with Crippen LogP contribution >= 0.6 is 0 Å². The van der Waals surface area contributed by atoms with Gasteiger partial charge in [-0.2, -0.15) is 0 Å². The van der Waals surface area contributed by atoms with Crippen LogP contribution < -0.4 is 9.80 Å². The van der Waals surface area contributed by atoms with E-state index in [4.69, 9.17) is 0 Å². The number of fused-ring (bicyclic) bond motifs is 2. The van der Waals surface area contributed by atoms with Gasteiger partial charge in [0.05, 0.1) is 11.4 Å². The fourth-order valence-corrected chi connectivity index (χ4v) is 8.24. The van der Waals surface area contributed by atoms with Crippen molar-refractivity contribution >= 4 is 88.0 Å². The predicted octanol–water partition coefficient (Wildman–Crippen LogP) is 14.4. The van der Waals surface area contributed by atoms with E-state index in [0.29, 0.717) is 0 Å². The van der Waals surface area contributed by atoms with Crippen LogP contribution in [0.2, 0.25) is 0 Å². The van der Waals surface area contributed by atoms with Crippen LogP contribution in [0.5, 0.6) is 0 Å². The number of benzene rings is 10. The molecule has 10 rings (SSSR count). The molecule has 0 saturated heterocycles. The van der Waals surface area contributed by atoms with Gasteiger partial charge in [-0.3, -0.25) is 0 Å². The topological polar surface area (TPSA) is 6.48 Å². The average Bonchev–Trinajstić information content (AvgIpc) is 3.19. The Bertz CT molecular complexity index is 2750. The van der Waals surface area contributed by atoms with E-state index < -0.39 is 0 Å². The van der Waals surface area contributed by atoms with Crippen LogP contribution in [-0.4, -0.2) is 0 Å². The highest BCUT2D eigenvalue weighted by Crippen LogP contribution is 2.48. The highest BCUT2D eigenvalue weighted by atomic mass is 15.2. The van der Waals surface area contributed by atoms with Crippen LogP contribution in [0.4, 0.5) is 34.1 Å². The van der Waals surface area contributed by atoms with Gasteiger partial charge in [-0.1, -0.05) is 133 Å². The van der Waals surface area contributed by atoms with Gasteiger partial charge in [0.15, 0.2) is 0 Å². The van der Waals surface area contributed by atoms with E-state index in [2.05, 4.69) is 206 Å². The third-order valence-electron chi connectivity index (χ3n) is 10.8. The molecule has 0 bridgehead atoms. The van der Waals surface area contributed by atoms with Crippen molar-refractivity contribution in [2.75, 3.05) is 9.80 Å². The summed E-state index contributed by atoms with van der Waals surface area (Å²) in [7, 11) is 0. The first-order valence-electron chi connectivity index (χ1n) is 18.0. The quantitative estimate of drug-likeness (QED) is 0.163. The summed E-state index contributed by atoms with van der Waals surface area (Å²) < 4.78 is 0. The van der Waals surface area contributed by atoms with Crippen molar-refractivity contribution in [1.29, 1.82) is 0 Å². The average molecular weight is 665 g/mol. The molecular weight excluding hydrogens is 629 g/mol. The third-order valence-corrected chi connectivity index (χ3v) is 10.8. The molecule has 246 valence electrons. The maximum atomic E-state index is 2.45. The first-order chi connectivity index (χ1) is 25.6. The molecule has 0 aliphatic carbocycles. The molecule has 0 aliphatic heterocycles. The summed E-state index contributed by atoms with van der Waals surface area (Å²) >= 11 is 0. The molecule has 0 spiro atoms. The smallest absolute Gasteiger partial charge is 0.0540 e. The van der Waals surface area contributed by atoms with Crippen molar-refractivity contribution in [3.05, 3.63) is 193 Å². The second-order valence-electron chi connectivity index (χ2n) is 13.9. The number of para-hydroxylation sites is 2. The van der Waals surface area contributed by atoms with Gasteiger partial charge in [0.25, 0.3) is 0 Å². The molecule has 0 heterocycles. The maximum Gasteiger partial charge on any atom is 0.0540 e. The van der Waals surface area contributed by atoms with Gasteiger partial charge >= 0.3 is 0 Å². The largest absolute Gasteiger partial charge is 0.310 e. The summed E-state index contributed by atoms with van der Waals surface area (Å²) in [6.07, 6.45) is 0. The highest BCUT2D eigenvalue weighted by molar-refractivity contribution is 6.28. The fraction of sp³-hybridized carbons (Fsp3) is 0.0400. The molecule has 2 nitrogen and oxygen atoms in total. The second kappa shape index (κ2) is 12.0. The van der Waals surface area contributed by atoms with Gasteiger partial charge in [0, 0.05) is 33.5 Å². The first kappa shape index (κ1) is 30.2. The lowest BCUT2D eigenvalue weighted by Crippen LogP contribution is -2.12. The molecule has 10 aromatic carbocycles. The van der Waals surface area contributed by atoms with Gasteiger partial charge in [0.1, 0.15) is 0 Å². The summed E-state index contributed by atoms with van der Waals surface area (Å²) in [5, 5.41) is 12.5. The number of aryl methyl sites for hydroxylation is 2. The number of hydrogen-bond acceptors (Lipinski definition) is 2. The molecule has 0 aliphatic rings. The molecule has 0 saturated carbocycles. The minimum absolute atomic E-state index is 1.14. The number of anilines is 6. The van der Waals surface area contributed by atoms with Gasteiger partial charge in [0.2, 0.25) is 0 Å². The molecule has 0 radical (unpaired) electrons. The molecule has 0 N–H and O–H groups in total. The lowest BCUT2D eigenvalue weighted by Gasteiger charge is -2.30. The Morgan fingerprint density at radius 3 is 1.10 bits per heavy atom. The van der Waals surface area contributed by atoms with E-state index in [1.807, 2.05) is 0 Å². The zero-order chi connectivity index (χ0) is 34.8. The molecule has 0 atom stereocenters. The first-order valence-corrected chi connectivity index (χ1v) is 18.0. The van der Waals surface area contributed by atoms with Gasteiger partial charge < -0.3 is 9.80 Å². The van der Waals surface area contributed by atoms with Gasteiger partial charge in [-0.25, -0.2) is 0 Å². The number of hydrogen-bond donors (Lipinski definition) is 0. The minimum atomic E-state index is 1.14. The Kier molecular flexibility index (Phi) is 6.97. The van der Waals surface area contributed by atoms with E-state index in [1.54, 1.807) is 0 Å². The van der Waals surface area contributed by atoms with E-state index in [1.165, 1.54) is 87.7 Å². The van der Waals surface area contributed by atoms with Crippen molar-refractivity contribution in [3.8, 4) is 0 Å². The summed E-state index contributed by atoms with van der Waals surface area (Å²) in [6, 6.07) is 66.8. The van der Waals surface area contributed by atoms with Gasteiger partial charge in [-0.05, 0) is 117 Å². The number of nitrogens with zero attached hydrogens (tertiary/aromatic N) is 2. The monoisotopic (exact) mass is 664 g/mol. The van der Waals surface area contributed by atoms with Crippen molar-refractivity contribution in [2.45, 2.75) is 13.8 Å². The van der Waals surface area contributed by atoms with Crippen molar-refractivity contribution in [3.63, 3.8) is 0 Å². The standard InChI is InChI=1S/C50H36N2/c1-33-11-3-9-17-45(33)51(41-25-19-35-13-5-7-15-39(35)31-41)47-29-23-37-22-28-44-48(30-24-38-21-27-43(47)49(37)50(38)44)52(46-18-10-4-12-34(46)2)42-26-20-36-14-6-8-16-40(36)32-42/h3-32H,1-2H3. The normalized spacial score (nSPS) is 11.7. The van der Waals surface area contributed by atoms with Crippen LogP contribution in [0.15, 0.2) is 182 Å². The van der Waals surface area contributed by atoms with Gasteiger partial charge in [-0.15, -0.1) is 0 Å². The Hall–Kier alpha value is -6.64. The fourth-order valence-electron chi connectivity index (χ4n) is 8.24. The zero-order valence-electron chi connectivity index (χ0n) is 29.2. The van der Waals surface area contributed by atoms with Crippen LogP contribution in [-0.2, 0) is 0 Å². The van der Waals surface area contributed by atoms with E-state index in [9.17, 15) is 0 Å². The lowest BCUT2D eigenvalue weighted by molar-refractivity contribution is 1.26. The molecule has 52 heavy (non-hydrogen) atoms. The SMILES string of the molecule is Cc1ccccc1N(c1ccc2ccccc2c1)c1ccc2ccc3c(N(c4ccc5ccccc5c4)c4ccccc4C)ccc4ccc1c2c43. The molecule has 2 heteroatoms. The van der Waals surface area contributed by atoms with Crippen LogP contribution in [0.3, 0.4) is 0 Å². The van der Waals surface area contributed by atoms with E-state index >= 15 is 0 Å². The number of rotatable bonds is 6. The van der Waals surface area contributed by atoms with Crippen molar-refractivity contribution in [2.24, 2.45) is 0 Å². The molecule has 10 aromatic rings. The summed E-state index contributed by atoms with van der Waals surface area (Å²) in [6.45, 7) is 4.41. The Morgan fingerprint density at radius 1 is 0.288 bits per heavy atom. The molecule has 0 unspecified atom stereocenters. The van der Waals surface area contributed by atoms with Crippen LogP contribution in [0, 0.1) is 13.8 Å². The highest BCUT2D eigenvalue weighted by Gasteiger charge is 2.23. The summed E-state index contributed by atoms with van der Waals surface area (Å²) in [5.41, 5.74) is 9.44. The second-order valence-corrected chi connectivity index (χ2v) is 13.9. The molecular formula is C50H36N2. The van der Waals surface area contributed by atoms with Crippen LogP contribution in [0.1, 0.15) is 11.1 Å². The van der Waals surface area contributed by atoms with Crippen molar-refractivity contribution in [1.82, 2.24) is 0 Å². The third kappa shape index (κ3) is 4.80. The predicted molar refractivity (Wildman–Crippen MR) is 224 cm³/mol. The lowest BCUT2D eigenvalue weighted by atomic mass is 9.91. The molecule has 0 amide bonds. The molecule has 0 aromatic heterocycles. The Morgan fingerprint density at radius 2 is 0.654 bits per heavy atom. The summed E-state index contributed by atoms with van der Waals surface area (Å²) in [4.78, 5) is 4.90. The Labute approximate surface area is 303 Å². The summed E-state index contributed by atoms with van der Waals surface area (Å²) in [5.74, 6) is 0. The Balaban J connectivity index is 1.25. The van der Waals surface area contributed by atoms with E-state index in [0.717, 1.165) is 11.4 Å². The zero-order valence-corrected chi connectivity index (χ0v) is 29.2. The van der Waals surface area contributed by atoms with Crippen molar-refractivity contribution < 1.29 is 0 Å². The van der Waals surface area contributed by atoms with Crippen LogP contribution in [0.25, 0.3) is 53.9 Å². The van der Waals surface area contributed by atoms with E-state index in [-0.39, 0.29) is 0 Å². The minimum Gasteiger partial charge on any atom is -0.310 e. The molecule has 0 fully saturated rings.